The van der Waals surface area contributed by atoms with Gasteiger partial charge in [0, 0.05) is 37.4 Å². The normalized spacial score (nSPS) is 24.6. The fourth-order valence-corrected chi connectivity index (χ4v) is 4.32. The molecule has 1 amide bonds. The van der Waals surface area contributed by atoms with Gasteiger partial charge in [-0.15, -0.1) is 0 Å². The number of likely N-dealkylation sites (N-methyl/N-ethyl adjacent to an activating group) is 1. The molecule has 25 heavy (non-hydrogen) atoms. The summed E-state index contributed by atoms with van der Waals surface area (Å²) in [5, 5.41) is 3.99. The third-order valence-corrected chi connectivity index (χ3v) is 5.67. The number of rotatable bonds is 7. The summed E-state index contributed by atoms with van der Waals surface area (Å²) in [6.07, 6.45) is 6.86. The van der Waals surface area contributed by atoms with Gasteiger partial charge >= 0.3 is 0 Å². The largest absolute Gasteiger partial charge is 0.339 e. The number of aryl methyl sites for hydroxylation is 1. The molecule has 1 aromatic heterocycles. The zero-order chi connectivity index (χ0) is 17.8. The molecule has 2 atom stereocenters. The summed E-state index contributed by atoms with van der Waals surface area (Å²) < 4.78 is 5.27. The lowest BCUT2D eigenvalue weighted by atomic mass is 10.0. The fourth-order valence-electron chi connectivity index (χ4n) is 4.32. The molecule has 0 saturated carbocycles. The molecule has 2 aliphatic rings. The molecule has 2 fully saturated rings. The first kappa shape index (κ1) is 18.4. The summed E-state index contributed by atoms with van der Waals surface area (Å²) in [5.41, 5.74) is 0. The second-order valence-corrected chi connectivity index (χ2v) is 7.69. The van der Waals surface area contributed by atoms with E-state index in [4.69, 9.17) is 4.52 Å². The first-order valence-electron chi connectivity index (χ1n) is 9.96. The fraction of sp³-hybridized carbons (Fsp3) is 0.842. The minimum atomic E-state index is 0.275. The van der Waals surface area contributed by atoms with Gasteiger partial charge in [0.05, 0.1) is 0 Å². The molecule has 0 spiro atoms. The summed E-state index contributed by atoms with van der Waals surface area (Å²) in [5.74, 6) is 1.98. The Morgan fingerprint density at radius 2 is 2.00 bits per heavy atom. The lowest BCUT2D eigenvalue weighted by molar-refractivity contribution is -0.133. The van der Waals surface area contributed by atoms with Crippen molar-refractivity contribution in [2.45, 2.75) is 83.7 Å². The molecule has 0 bridgehead atoms. The van der Waals surface area contributed by atoms with Gasteiger partial charge in [0.25, 0.3) is 0 Å². The van der Waals surface area contributed by atoms with E-state index in [1.807, 2.05) is 13.8 Å². The van der Waals surface area contributed by atoms with Crippen molar-refractivity contribution in [3.05, 3.63) is 11.7 Å². The molecule has 2 unspecified atom stereocenters. The predicted molar refractivity (Wildman–Crippen MR) is 96.3 cm³/mol. The van der Waals surface area contributed by atoms with Crippen LogP contribution in [-0.4, -0.2) is 57.6 Å². The van der Waals surface area contributed by atoms with Crippen molar-refractivity contribution in [1.29, 1.82) is 0 Å². The molecule has 2 aliphatic heterocycles. The Bertz CT molecular complexity index is 572. The minimum absolute atomic E-state index is 0.275. The highest BCUT2D eigenvalue weighted by Crippen LogP contribution is 2.30. The van der Waals surface area contributed by atoms with Gasteiger partial charge in [-0.1, -0.05) is 25.9 Å². The minimum Gasteiger partial charge on any atom is -0.339 e. The number of carbonyl (C=O) groups is 1. The monoisotopic (exact) mass is 348 g/mol. The average Bonchev–Trinajstić information content (AvgIpc) is 3.33. The molecule has 0 aliphatic carbocycles. The summed E-state index contributed by atoms with van der Waals surface area (Å²) in [6.45, 7) is 9.54. The van der Waals surface area contributed by atoms with E-state index in [2.05, 4.69) is 26.9 Å². The van der Waals surface area contributed by atoms with Gasteiger partial charge < -0.3 is 9.42 Å². The topological polar surface area (TPSA) is 62.5 Å². The second kappa shape index (κ2) is 8.30. The van der Waals surface area contributed by atoms with Gasteiger partial charge in [0.2, 0.25) is 11.8 Å². The van der Waals surface area contributed by atoms with Gasteiger partial charge in [-0.3, -0.25) is 9.69 Å². The number of carbonyl (C=O) groups excluding carboxylic acids is 1. The van der Waals surface area contributed by atoms with Crippen LogP contribution < -0.4 is 0 Å². The molecule has 0 radical (unpaired) electrons. The quantitative estimate of drug-likeness (QED) is 0.758. The van der Waals surface area contributed by atoms with Crippen LogP contribution in [-0.2, 0) is 11.2 Å². The molecule has 0 aromatic carbocycles. The van der Waals surface area contributed by atoms with Crippen LogP contribution >= 0.6 is 0 Å². The Morgan fingerprint density at radius 1 is 1.24 bits per heavy atom. The van der Waals surface area contributed by atoms with Crippen LogP contribution in [0.1, 0.15) is 76.9 Å². The molecule has 3 rings (SSSR count). The zero-order valence-corrected chi connectivity index (χ0v) is 15.9. The molecule has 6 heteroatoms. The number of likely N-dealkylation sites (tertiary alicyclic amines) is 2. The summed E-state index contributed by atoms with van der Waals surface area (Å²) in [4.78, 5) is 21.9. The van der Waals surface area contributed by atoms with Gasteiger partial charge in [-0.05, 0) is 45.2 Å². The van der Waals surface area contributed by atoms with Crippen molar-refractivity contribution in [3.63, 3.8) is 0 Å². The lowest BCUT2D eigenvalue weighted by Gasteiger charge is -2.34. The summed E-state index contributed by atoms with van der Waals surface area (Å²) >= 11 is 0. The van der Waals surface area contributed by atoms with Crippen LogP contribution in [0.15, 0.2) is 4.52 Å². The molecule has 0 N–H and O–H groups in total. The van der Waals surface area contributed by atoms with Gasteiger partial charge in [0.15, 0.2) is 5.82 Å². The Hall–Kier alpha value is -1.43. The molecule has 1 aromatic rings. The zero-order valence-electron chi connectivity index (χ0n) is 15.9. The Labute approximate surface area is 150 Å². The Balaban J connectivity index is 1.50. The van der Waals surface area contributed by atoms with E-state index in [0.29, 0.717) is 36.7 Å². The molecule has 2 saturated heterocycles. The van der Waals surface area contributed by atoms with Crippen LogP contribution in [0.25, 0.3) is 0 Å². The average molecular weight is 348 g/mol. The third kappa shape index (κ3) is 4.22. The van der Waals surface area contributed by atoms with Gasteiger partial charge in [0.1, 0.15) is 0 Å². The number of hydrogen-bond donors (Lipinski definition) is 0. The van der Waals surface area contributed by atoms with E-state index < -0.39 is 0 Å². The Kier molecular flexibility index (Phi) is 6.10. The molecule has 6 nitrogen and oxygen atoms in total. The number of aromatic nitrogens is 2. The highest BCUT2D eigenvalue weighted by Gasteiger charge is 2.38. The van der Waals surface area contributed by atoms with Crippen molar-refractivity contribution in [2.24, 2.45) is 0 Å². The van der Waals surface area contributed by atoms with Crippen LogP contribution in [0.2, 0.25) is 0 Å². The Morgan fingerprint density at radius 3 is 2.72 bits per heavy atom. The lowest BCUT2D eigenvalue weighted by Crippen LogP contribution is -2.48. The van der Waals surface area contributed by atoms with Gasteiger partial charge in [-0.25, -0.2) is 0 Å². The van der Waals surface area contributed by atoms with Crippen LogP contribution in [0, 0.1) is 0 Å². The molecule has 3 heterocycles. The predicted octanol–water partition coefficient (Wildman–Crippen LogP) is 2.99. The highest BCUT2D eigenvalue weighted by molar-refractivity contribution is 5.76. The van der Waals surface area contributed by atoms with Crippen molar-refractivity contribution >= 4 is 5.91 Å². The third-order valence-electron chi connectivity index (χ3n) is 5.67. The van der Waals surface area contributed by atoms with Crippen LogP contribution in [0.4, 0.5) is 0 Å². The van der Waals surface area contributed by atoms with Crippen molar-refractivity contribution < 1.29 is 9.32 Å². The van der Waals surface area contributed by atoms with Gasteiger partial charge in [-0.2, -0.15) is 4.98 Å². The first-order chi connectivity index (χ1) is 12.1. The maximum atomic E-state index is 12.8. The smallest absolute Gasteiger partial charge is 0.226 e. The molecular weight excluding hydrogens is 316 g/mol. The standard InChI is InChI=1S/C19H32N4O2/c1-4-22-12-6-8-15(22)16-9-7-13-23(16)18(24)11-5-10-17-20-19(14(2)3)21-25-17/h14-16H,4-13H2,1-3H3. The van der Waals surface area contributed by atoms with Crippen LogP contribution in [0.5, 0.6) is 0 Å². The van der Waals surface area contributed by atoms with E-state index in [0.717, 1.165) is 38.2 Å². The first-order valence-corrected chi connectivity index (χ1v) is 9.96. The van der Waals surface area contributed by atoms with Crippen molar-refractivity contribution in [3.8, 4) is 0 Å². The number of amides is 1. The molecular formula is C19H32N4O2. The van der Waals surface area contributed by atoms with E-state index in [9.17, 15) is 4.79 Å². The SMILES string of the molecule is CCN1CCCC1C1CCCN1C(=O)CCCc1nc(C(C)C)no1. The van der Waals surface area contributed by atoms with Crippen molar-refractivity contribution in [1.82, 2.24) is 19.9 Å². The highest BCUT2D eigenvalue weighted by atomic mass is 16.5. The number of hydrogen-bond acceptors (Lipinski definition) is 5. The van der Waals surface area contributed by atoms with E-state index in [-0.39, 0.29) is 5.92 Å². The summed E-state index contributed by atoms with van der Waals surface area (Å²) in [6, 6.07) is 0.992. The molecule has 140 valence electrons. The number of nitrogens with zero attached hydrogens (tertiary/aromatic N) is 4. The van der Waals surface area contributed by atoms with E-state index in [1.165, 1.54) is 19.4 Å². The van der Waals surface area contributed by atoms with Crippen LogP contribution in [0.3, 0.4) is 0 Å². The van der Waals surface area contributed by atoms with E-state index in [1.54, 1.807) is 0 Å². The van der Waals surface area contributed by atoms with E-state index >= 15 is 0 Å². The maximum absolute atomic E-state index is 12.8. The van der Waals surface area contributed by atoms with Crippen molar-refractivity contribution in [2.75, 3.05) is 19.6 Å². The second-order valence-electron chi connectivity index (χ2n) is 7.69. The summed E-state index contributed by atoms with van der Waals surface area (Å²) in [7, 11) is 0. The maximum Gasteiger partial charge on any atom is 0.226 e.